The largest absolute Gasteiger partial charge is 0.287 e. The number of hydrogen-bond donors (Lipinski definition) is 1. The number of nitrogens with one attached hydrogen (secondary N) is 1. The van der Waals surface area contributed by atoms with Gasteiger partial charge in [-0.15, -0.1) is 0 Å². The minimum Gasteiger partial charge on any atom is -0.287 e. The highest BCUT2D eigenvalue weighted by Crippen LogP contribution is 2.33. The first-order chi connectivity index (χ1) is 9.24. The highest BCUT2D eigenvalue weighted by molar-refractivity contribution is 8.14. The molecule has 0 aromatic heterocycles. The van der Waals surface area contributed by atoms with Crippen molar-refractivity contribution >= 4 is 16.9 Å². The fourth-order valence-corrected chi connectivity index (χ4v) is 3.72. The second-order valence-electron chi connectivity index (χ2n) is 5.19. The quantitative estimate of drug-likeness (QED) is 0.597. The summed E-state index contributed by atoms with van der Waals surface area (Å²) in [5.74, 6) is 0. The van der Waals surface area contributed by atoms with E-state index >= 15 is 0 Å². The number of hydrazine groups is 1. The van der Waals surface area contributed by atoms with Crippen LogP contribution in [0.4, 0.5) is 0 Å². The lowest BCUT2D eigenvalue weighted by atomic mass is 10.0. The van der Waals surface area contributed by atoms with Gasteiger partial charge in [0.25, 0.3) is 0 Å². The first kappa shape index (κ1) is 14.7. The Morgan fingerprint density at radius 1 is 1.37 bits per heavy atom. The Morgan fingerprint density at radius 3 is 2.95 bits per heavy atom. The highest BCUT2D eigenvalue weighted by atomic mass is 32.2. The second-order valence-corrected chi connectivity index (χ2v) is 6.34. The normalized spacial score (nSPS) is 25.0. The molecular formula is C15H25N3S. The summed E-state index contributed by atoms with van der Waals surface area (Å²) < 4.78 is 0. The van der Waals surface area contributed by atoms with Crippen LogP contribution in [0.5, 0.6) is 0 Å². The molecule has 4 heteroatoms. The Hall–Kier alpha value is -0.740. The number of unbranched alkanes of at least 4 members (excludes halogenated alkanes) is 3. The van der Waals surface area contributed by atoms with E-state index in [1.807, 2.05) is 18.8 Å². The molecule has 0 saturated carbocycles. The van der Waals surface area contributed by atoms with Crippen molar-refractivity contribution in [3.8, 4) is 0 Å². The van der Waals surface area contributed by atoms with Gasteiger partial charge in [0.1, 0.15) is 0 Å². The number of thioether (sulfide) groups is 1. The minimum absolute atomic E-state index is 0.329. The van der Waals surface area contributed by atoms with Crippen molar-refractivity contribution in [3.05, 3.63) is 23.8 Å². The Bertz CT molecular complexity index is 387. The molecule has 1 heterocycles. The second kappa shape index (κ2) is 7.15. The van der Waals surface area contributed by atoms with Crippen LogP contribution in [0.3, 0.4) is 0 Å². The summed E-state index contributed by atoms with van der Waals surface area (Å²) in [4.78, 5) is 4.83. The topological polar surface area (TPSA) is 27.6 Å². The molecule has 2 aliphatic rings. The molecule has 1 aliphatic carbocycles. The van der Waals surface area contributed by atoms with E-state index < -0.39 is 0 Å². The van der Waals surface area contributed by atoms with E-state index in [0.717, 1.165) is 11.7 Å². The molecule has 0 amide bonds. The number of fused-ring (bicyclic) bond motifs is 1. The molecule has 0 aromatic rings. The average molecular weight is 279 g/mol. The molecule has 0 radical (unpaired) electrons. The SMILES string of the molecule is CCCCCCN(NC)C1=NC2C=CC(C)=CC2S1. The van der Waals surface area contributed by atoms with Crippen molar-refractivity contribution < 1.29 is 0 Å². The summed E-state index contributed by atoms with van der Waals surface area (Å²) in [6, 6.07) is 0.329. The van der Waals surface area contributed by atoms with Gasteiger partial charge in [0, 0.05) is 13.6 Å². The third-order valence-corrected chi connectivity index (χ3v) is 4.78. The van der Waals surface area contributed by atoms with E-state index in [1.54, 1.807) is 0 Å². The van der Waals surface area contributed by atoms with Gasteiger partial charge >= 0.3 is 0 Å². The summed E-state index contributed by atoms with van der Waals surface area (Å²) in [5.41, 5.74) is 4.63. The third-order valence-electron chi connectivity index (χ3n) is 3.56. The molecule has 106 valence electrons. The molecule has 1 N–H and O–H groups in total. The minimum atomic E-state index is 0.329. The third kappa shape index (κ3) is 3.86. The fraction of sp³-hybridized carbons (Fsp3) is 0.667. The van der Waals surface area contributed by atoms with Crippen LogP contribution in [0, 0.1) is 0 Å². The molecular weight excluding hydrogens is 254 g/mol. The summed E-state index contributed by atoms with van der Waals surface area (Å²) >= 11 is 1.88. The van der Waals surface area contributed by atoms with Crippen LogP contribution in [0.15, 0.2) is 28.8 Å². The molecule has 19 heavy (non-hydrogen) atoms. The predicted molar refractivity (Wildman–Crippen MR) is 85.4 cm³/mol. The summed E-state index contributed by atoms with van der Waals surface area (Å²) in [5, 5.41) is 3.84. The molecule has 0 fully saturated rings. The molecule has 0 bridgehead atoms. The summed E-state index contributed by atoms with van der Waals surface area (Å²) in [6.07, 6.45) is 11.9. The zero-order chi connectivity index (χ0) is 13.7. The first-order valence-electron chi connectivity index (χ1n) is 7.30. The van der Waals surface area contributed by atoms with Gasteiger partial charge in [0.2, 0.25) is 0 Å². The van der Waals surface area contributed by atoms with E-state index in [9.17, 15) is 0 Å². The van der Waals surface area contributed by atoms with Crippen LogP contribution in [-0.2, 0) is 0 Å². The van der Waals surface area contributed by atoms with E-state index in [0.29, 0.717) is 11.3 Å². The van der Waals surface area contributed by atoms with Crippen molar-refractivity contribution in [2.45, 2.75) is 50.8 Å². The fourth-order valence-electron chi connectivity index (χ4n) is 2.41. The molecule has 0 saturated heterocycles. The van der Waals surface area contributed by atoms with Gasteiger partial charge in [0.05, 0.1) is 11.3 Å². The Labute approximate surface area is 121 Å². The molecule has 2 atom stereocenters. The van der Waals surface area contributed by atoms with E-state index in [4.69, 9.17) is 4.99 Å². The maximum absolute atomic E-state index is 4.83. The van der Waals surface area contributed by atoms with Gasteiger partial charge in [-0.2, -0.15) is 0 Å². The van der Waals surface area contributed by atoms with Crippen LogP contribution in [0.25, 0.3) is 0 Å². The monoisotopic (exact) mass is 279 g/mol. The predicted octanol–water partition coefficient (Wildman–Crippen LogP) is 3.36. The van der Waals surface area contributed by atoms with Crippen LogP contribution in [0.1, 0.15) is 39.5 Å². The number of allylic oxidation sites excluding steroid dienone is 2. The number of nitrogens with zero attached hydrogens (tertiary/aromatic N) is 2. The van der Waals surface area contributed by atoms with Gasteiger partial charge in [-0.1, -0.05) is 61.7 Å². The number of rotatable bonds is 6. The van der Waals surface area contributed by atoms with Crippen molar-refractivity contribution in [1.29, 1.82) is 0 Å². The van der Waals surface area contributed by atoms with Gasteiger partial charge in [0.15, 0.2) is 5.17 Å². The summed E-state index contributed by atoms with van der Waals surface area (Å²) in [7, 11) is 1.99. The highest BCUT2D eigenvalue weighted by Gasteiger charge is 2.30. The van der Waals surface area contributed by atoms with Gasteiger partial charge in [-0.05, 0) is 13.3 Å². The van der Waals surface area contributed by atoms with Gasteiger partial charge in [-0.3, -0.25) is 10.0 Å². The smallest absolute Gasteiger partial charge is 0.174 e. The zero-order valence-corrected chi connectivity index (χ0v) is 13.0. The molecule has 2 unspecified atom stereocenters. The lowest BCUT2D eigenvalue weighted by Gasteiger charge is -2.22. The molecule has 1 aliphatic heterocycles. The lowest BCUT2D eigenvalue weighted by Crippen LogP contribution is -2.39. The van der Waals surface area contributed by atoms with Crippen molar-refractivity contribution in [1.82, 2.24) is 10.4 Å². The van der Waals surface area contributed by atoms with Gasteiger partial charge in [-0.25, -0.2) is 5.43 Å². The summed E-state index contributed by atoms with van der Waals surface area (Å²) in [6.45, 7) is 5.46. The van der Waals surface area contributed by atoms with Crippen molar-refractivity contribution in [3.63, 3.8) is 0 Å². The van der Waals surface area contributed by atoms with Crippen LogP contribution in [-0.4, -0.2) is 35.1 Å². The molecule has 0 aromatic carbocycles. The van der Waals surface area contributed by atoms with Crippen LogP contribution >= 0.6 is 11.8 Å². The van der Waals surface area contributed by atoms with Crippen LogP contribution in [0.2, 0.25) is 0 Å². The van der Waals surface area contributed by atoms with Gasteiger partial charge < -0.3 is 0 Å². The van der Waals surface area contributed by atoms with E-state index in [1.165, 1.54) is 31.3 Å². The van der Waals surface area contributed by atoms with Crippen molar-refractivity contribution in [2.75, 3.05) is 13.6 Å². The lowest BCUT2D eigenvalue weighted by molar-refractivity contribution is 0.334. The van der Waals surface area contributed by atoms with E-state index in [-0.39, 0.29) is 0 Å². The number of hydrogen-bond acceptors (Lipinski definition) is 4. The average Bonchev–Trinajstić information content (AvgIpc) is 2.81. The number of amidine groups is 1. The van der Waals surface area contributed by atoms with Crippen molar-refractivity contribution in [2.24, 2.45) is 4.99 Å². The molecule has 0 spiro atoms. The standard InChI is InChI=1S/C15H25N3S/c1-4-5-6-7-10-18(16-3)15-17-13-9-8-12(2)11-14(13)19-15/h8-9,11,13-14,16H,4-7,10H2,1-3H3. The zero-order valence-electron chi connectivity index (χ0n) is 12.2. The molecule has 2 rings (SSSR count). The Balaban J connectivity index is 1.88. The maximum atomic E-state index is 4.83. The Kier molecular flexibility index (Phi) is 5.52. The number of aliphatic imine (C=N–C) groups is 1. The van der Waals surface area contributed by atoms with E-state index in [2.05, 4.69) is 42.5 Å². The maximum Gasteiger partial charge on any atom is 0.174 e. The Morgan fingerprint density at radius 2 is 2.21 bits per heavy atom. The van der Waals surface area contributed by atoms with Crippen LogP contribution < -0.4 is 5.43 Å². The first-order valence-corrected chi connectivity index (χ1v) is 8.18. The molecule has 3 nitrogen and oxygen atoms in total.